The molecule has 1 amide bonds. The molecule has 2 N–H and O–H groups in total. The van der Waals surface area contributed by atoms with Crippen molar-refractivity contribution >= 4 is 11.7 Å². The van der Waals surface area contributed by atoms with Crippen molar-refractivity contribution < 1.29 is 9.53 Å². The molecule has 3 rings (SSSR count). The van der Waals surface area contributed by atoms with Crippen LogP contribution in [0.3, 0.4) is 0 Å². The van der Waals surface area contributed by atoms with Crippen LogP contribution in [0.15, 0.2) is 48.5 Å². The summed E-state index contributed by atoms with van der Waals surface area (Å²) in [6.07, 6.45) is 0.784. The molecule has 5 heteroatoms. The largest absolute Gasteiger partial charge is 0.473 e. The van der Waals surface area contributed by atoms with Gasteiger partial charge in [0.05, 0.1) is 5.92 Å². The highest BCUT2D eigenvalue weighted by Gasteiger charge is 2.27. The summed E-state index contributed by atoms with van der Waals surface area (Å²) < 4.78 is 5.74. The van der Waals surface area contributed by atoms with Gasteiger partial charge in [0.2, 0.25) is 11.8 Å². The molecule has 1 atom stereocenters. The molecule has 22 heavy (non-hydrogen) atoms. The van der Waals surface area contributed by atoms with Crippen LogP contribution in [-0.4, -0.2) is 24.0 Å². The van der Waals surface area contributed by atoms with Gasteiger partial charge in [0.1, 0.15) is 12.4 Å². The van der Waals surface area contributed by atoms with Crippen LogP contribution in [0.1, 0.15) is 12.0 Å². The Morgan fingerprint density at radius 1 is 1.23 bits per heavy atom. The zero-order valence-corrected chi connectivity index (χ0v) is 12.3. The van der Waals surface area contributed by atoms with E-state index in [1.54, 1.807) is 0 Å². The van der Waals surface area contributed by atoms with Crippen molar-refractivity contribution in [3.8, 4) is 5.88 Å². The van der Waals surface area contributed by atoms with Crippen molar-refractivity contribution in [1.82, 2.24) is 4.98 Å². The predicted molar refractivity (Wildman–Crippen MR) is 84.5 cm³/mol. The smallest absolute Gasteiger partial charge is 0.222 e. The lowest BCUT2D eigenvalue weighted by Gasteiger charge is -2.17. The Kier molecular flexibility index (Phi) is 4.23. The van der Waals surface area contributed by atoms with E-state index in [-0.39, 0.29) is 11.8 Å². The molecule has 0 saturated carbocycles. The highest BCUT2D eigenvalue weighted by atomic mass is 16.5. The minimum atomic E-state index is -0.237. The fourth-order valence-electron chi connectivity index (χ4n) is 2.59. The molecule has 1 saturated heterocycles. The van der Waals surface area contributed by atoms with Crippen LogP contribution in [0.2, 0.25) is 0 Å². The Bertz CT molecular complexity index is 645. The van der Waals surface area contributed by atoms with Crippen LogP contribution in [0.25, 0.3) is 0 Å². The van der Waals surface area contributed by atoms with Crippen molar-refractivity contribution in [3.05, 3.63) is 54.1 Å². The highest BCUT2D eigenvalue weighted by Crippen LogP contribution is 2.24. The average molecular weight is 297 g/mol. The molecule has 5 nitrogen and oxygen atoms in total. The van der Waals surface area contributed by atoms with Gasteiger partial charge in [-0.05, 0) is 18.1 Å². The van der Waals surface area contributed by atoms with Crippen LogP contribution in [0.5, 0.6) is 5.88 Å². The summed E-state index contributed by atoms with van der Waals surface area (Å²) in [6, 6.07) is 15.7. The van der Waals surface area contributed by atoms with Crippen LogP contribution in [0, 0.1) is 5.92 Å². The fraction of sp³-hybridized carbons (Fsp3) is 0.294. The van der Waals surface area contributed by atoms with Crippen molar-refractivity contribution in [3.63, 3.8) is 0 Å². The standard InChI is InChI=1S/C17H19N3O2/c18-17(21)14-9-10-20(11-14)15-7-4-8-16(19-15)22-12-13-5-2-1-3-6-13/h1-8,14H,9-12H2,(H2,18,21). The molecule has 0 bridgehead atoms. The molecule has 114 valence electrons. The van der Waals surface area contributed by atoms with E-state index in [2.05, 4.69) is 9.88 Å². The van der Waals surface area contributed by atoms with Gasteiger partial charge >= 0.3 is 0 Å². The zero-order chi connectivity index (χ0) is 15.4. The number of benzene rings is 1. The Hall–Kier alpha value is -2.56. The van der Waals surface area contributed by atoms with Crippen molar-refractivity contribution in [1.29, 1.82) is 0 Å². The maximum atomic E-state index is 11.3. The van der Waals surface area contributed by atoms with Crippen LogP contribution in [0.4, 0.5) is 5.82 Å². The van der Waals surface area contributed by atoms with E-state index in [4.69, 9.17) is 10.5 Å². The molecular weight excluding hydrogens is 278 g/mol. The first-order valence-electron chi connectivity index (χ1n) is 7.40. The molecule has 0 aliphatic carbocycles. The molecule has 2 aromatic rings. The minimum Gasteiger partial charge on any atom is -0.473 e. The molecular formula is C17H19N3O2. The Labute approximate surface area is 129 Å². The SMILES string of the molecule is NC(=O)C1CCN(c2cccc(OCc3ccccc3)n2)C1. The lowest BCUT2D eigenvalue weighted by molar-refractivity contribution is -0.121. The Balaban J connectivity index is 1.64. The third-order valence-corrected chi connectivity index (χ3v) is 3.85. The number of aromatic nitrogens is 1. The minimum absolute atomic E-state index is 0.0873. The zero-order valence-electron chi connectivity index (χ0n) is 12.3. The number of carbonyl (C=O) groups excluding carboxylic acids is 1. The summed E-state index contributed by atoms with van der Waals surface area (Å²) in [5, 5.41) is 0. The van der Waals surface area contributed by atoms with Gasteiger partial charge < -0.3 is 15.4 Å². The van der Waals surface area contributed by atoms with E-state index in [0.29, 0.717) is 19.0 Å². The second kappa shape index (κ2) is 6.47. The first-order valence-corrected chi connectivity index (χ1v) is 7.40. The van der Waals surface area contributed by atoms with Crippen LogP contribution >= 0.6 is 0 Å². The first-order chi connectivity index (χ1) is 10.7. The van der Waals surface area contributed by atoms with E-state index in [1.165, 1.54) is 0 Å². The first kappa shape index (κ1) is 14.4. The number of nitrogens with zero attached hydrogens (tertiary/aromatic N) is 2. The molecule has 1 aromatic carbocycles. The molecule has 1 aromatic heterocycles. The van der Waals surface area contributed by atoms with Crippen molar-refractivity contribution in [2.45, 2.75) is 13.0 Å². The maximum Gasteiger partial charge on any atom is 0.222 e. The van der Waals surface area contributed by atoms with Gasteiger partial charge in [0.25, 0.3) is 0 Å². The molecule has 1 aliphatic heterocycles. The number of ether oxygens (including phenoxy) is 1. The molecule has 0 spiro atoms. The van der Waals surface area contributed by atoms with E-state index in [0.717, 1.165) is 24.3 Å². The summed E-state index contributed by atoms with van der Waals surface area (Å²) in [6.45, 7) is 1.91. The van der Waals surface area contributed by atoms with Gasteiger partial charge in [0.15, 0.2) is 0 Å². The summed E-state index contributed by atoms with van der Waals surface area (Å²) in [5.74, 6) is 1.09. The normalized spacial score (nSPS) is 17.5. The van der Waals surface area contributed by atoms with Gasteiger partial charge in [-0.2, -0.15) is 4.98 Å². The van der Waals surface area contributed by atoms with Crippen LogP contribution in [-0.2, 0) is 11.4 Å². The van der Waals surface area contributed by atoms with Crippen LogP contribution < -0.4 is 15.4 Å². The number of anilines is 1. The monoisotopic (exact) mass is 297 g/mol. The number of primary amides is 1. The summed E-state index contributed by atoms with van der Waals surface area (Å²) in [5.41, 5.74) is 6.47. The number of carbonyl (C=O) groups is 1. The highest BCUT2D eigenvalue weighted by molar-refractivity contribution is 5.78. The maximum absolute atomic E-state index is 11.3. The lowest BCUT2D eigenvalue weighted by Crippen LogP contribution is -2.27. The number of rotatable bonds is 5. The number of nitrogens with two attached hydrogens (primary N) is 1. The van der Waals surface area contributed by atoms with Crippen molar-refractivity contribution in [2.75, 3.05) is 18.0 Å². The van der Waals surface area contributed by atoms with Gasteiger partial charge in [-0.3, -0.25) is 4.79 Å². The Morgan fingerprint density at radius 2 is 2.05 bits per heavy atom. The van der Waals surface area contributed by atoms with Gasteiger partial charge in [-0.15, -0.1) is 0 Å². The van der Waals surface area contributed by atoms with Gasteiger partial charge in [-0.1, -0.05) is 36.4 Å². The van der Waals surface area contributed by atoms with E-state index >= 15 is 0 Å². The number of pyridine rings is 1. The molecule has 0 radical (unpaired) electrons. The molecule has 1 fully saturated rings. The lowest BCUT2D eigenvalue weighted by atomic mass is 10.1. The predicted octanol–water partition coefficient (Wildman–Crippen LogP) is 1.97. The molecule has 1 aliphatic rings. The Morgan fingerprint density at radius 3 is 2.77 bits per heavy atom. The summed E-state index contributed by atoms with van der Waals surface area (Å²) in [7, 11) is 0. The molecule has 1 unspecified atom stereocenters. The average Bonchev–Trinajstić information content (AvgIpc) is 3.05. The summed E-state index contributed by atoms with van der Waals surface area (Å²) >= 11 is 0. The van der Waals surface area contributed by atoms with Gasteiger partial charge in [0, 0.05) is 19.2 Å². The van der Waals surface area contributed by atoms with E-state index in [1.807, 2.05) is 48.5 Å². The van der Waals surface area contributed by atoms with Gasteiger partial charge in [-0.25, -0.2) is 0 Å². The quantitative estimate of drug-likeness (QED) is 0.916. The third-order valence-electron chi connectivity index (χ3n) is 3.85. The number of hydrogen-bond donors (Lipinski definition) is 1. The molecule has 2 heterocycles. The second-order valence-electron chi connectivity index (χ2n) is 5.44. The second-order valence-corrected chi connectivity index (χ2v) is 5.44. The topological polar surface area (TPSA) is 68.5 Å². The number of amides is 1. The van der Waals surface area contributed by atoms with Crippen molar-refractivity contribution in [2.24, 2.45) is 11.7 Å². The number of hydrogen-bond acceptors (Lipinski definition) is 4. The van der Waals surface area contributed by atoms with E-state index < -0.39 is 0 Å². The summed E-state index contributed by atoms with van der Waals surface area (Å²) in [4.78, 5) is 17.8. The fourth-order valence-corrected chi connectivity index (χ4v) is 2.59. The van der Waals surface area contributed by atoms with E-state index in [9.17, 15) is 4.79 Å². The third kappa shape index (κ3) is 3.36.